The Morgan fingerprint density at radius 3 is 2.23 bits per heavy atom. The summed E-state index contributed by atoms with van der Waals surface area (Å²) in [5, 5.41) is 55.8. The molecule has 5 fully saturated rings. The smallest absolute Gasteiger partial charge is 0.251 e. The van der Waals surface area contributed by atoms with Gasteiger partial charge >= 0.3 is 0 Å². The summed E-state index contributed by atoms with van der Waals surface area (Å²) in [5.41, 5.74) is 5.69. The molecule has 0 aromatic carbocycles. The summed E-state index contributed by atoms with van der Waals surface area (Å²) in [5.74, 6) is -0.511. The second kappa shape index (κ2) is 17.1. The largest absolute Gasteiger partial charge is 0.394 e. The van der Waals surface area contributed by atoms with Crippen LogP contribution in [0.1, 0.15) is 78.1 Å². The maximum Gasteiger partial charge on any atom is 0.251 e. The predicted molar refractivity (Wildman–Crippen MR) is 169 cm³/mol. The van der Waals surface area contributed by atoms with Gasteiger partial charge in [-0.25, -0.2) is 0 Å². The molecule has 0 aromatic heterocycles. The molecule has 0 spiro atoms. The van der Waals surface area contributed by atoms with E-state index in [1.165, 1.54) is 0 Å². The van der Waals surface area contributed by atoms with Crippen molar-refractivity contribution < 1.29 is 58.8 Å². The maximum absolute atomic E-state index is 13.7. The van der Waals surface area contributed by atoms with Gasteiger partial charge in [-0.05, 0) is 44.4 Å². The first kappa shape index (κ1) is 37.7. The van der Waals surface area contributed by atoms with Gasteiger partial charge < -0.3 is 65.2 Å². The summed E-state index contributed by atoms with van der Waals surface area (Å²) in [7, 11) is 0. The molecular weight excluding hydrogens is 630 g/mol. The number of carbonyl (C=O) groups excluding carboxylic acids is 2. The highest BCUT2D eigenvalue weighted by Crippen LogP contribution is 2.37. The maximum atomic E-state index is 13.7. The highest BCUT2D eigenvalue weighted by atomic mass is 16.7. The van der Waals surface area contributed by atoms with Crippen LogP contribution in [0.2, 0.25) is 0 Å². The number of aliphatic hydroxyl groups excluding tert-OH is 5. The van der Waals surface area contributed by atoms with Gasteiger partial charge in [0.2, 0.25) is 5.91 Å². The van der Waals surface area contributed by atoms with E-state index in [1.54, 1.807) is 11.8 Å². The normalized spacial score (nSPS) is 41.8. The molecule has 8 N–H and O–H groups in total. The molecule has 14 atom stereocenters. The molecule has 2 amide bonds. The molecule has 0 bridgehead atoms. The number of carbonyl (C=O) groups is 2. The van der Waals surface area contributed by atoms with Gasteiger partial charge in [0.15, 0.2) is 12.6 Å². The van der Waals surface area contributed by atoms with E-state index in [0.29, 0.717) is 25.9 Å². The quantitative estimate of drug-likeness (QED) is 0.129. The van der Waals surface area contributed by atoms with Gasteiger partial charge in [0.1, 0.15) is 48.8 Å². The van der Waals surface area contributed by atoms with Crippen LogP contribution in [0, 0.1) is 11.8 Å². The summed E-state index contributed by atoms with van der Waals surface area (Å²) < 4.78 is 31.2. The first-order valence-corrected chi connectivity index (χ1v) is 17.9. The molecular formula is C33H57N3O12. The van der Waals surface area contributed by atoms with E-state index in [2.05, 4.69) is 5.32 Å². The Bertz CT molecular complexity index is 1050. The third-order valence-corrected chi connectivity index (χ3v) is 10.9. The van der Waals surface area contributed by atoms with Crippen molar-refractivity contribution in [3.63, 3.8) is 0 Å². The van der Waals surface area contributed by atoms with Gasteiger partial charge in [0.05, 0.1) is 31.5 Å². The SMILES string of the molecule is CC1O[C@@H](O[C@@H]2C(C)CCC[C@H]2O[C@@H]2O[C@@H](CO)[C@H](O)C(O[C@@H](CC3CCCCC3)C(=O)N3CCC3)C2NC(=O)CN)C(O)[C@@H](O)[C@@H]1O. The van der Waals surface area contributed by atoms with Crippen LogP contribution >= 0.6 is 0 Å². The summed E-state index contributed by atoms with van der Waals surface area (Å²) >= 11 is 0. The molecule has 3 heterocycles. The molecule has 2 aliphatic carbocycles. The number of nitrogens with two attached hydrogens (primary N) is 1. The zero-order chi connectivity index (χ0) is 34.5. The van der Waals surface area contributed by atoms with Crippen molar-refractivity contribution in [1.29, 1.82) is 0 Å². The zero-order valence-electron chi connectivity index (χ0n) is 28.2. The Kier molecular flexibility index (Phi) is 13.5. The van der Waals surface area contributed by atoms with Crippen molar-refractivity contribution in [2.24, 2.45) is 17.6 Å². The first-order chi connectivity index (χ1) is 23.0. The number of ether oxygens (including phenoxy) is 5. The third kappa shape index (κ3) is 8.68. The van der Waals surface area contributed by atoms with Gasteiger partial charge in [0.25, 0.3) is 5.91 Å². The molecule has 15 heteroatoms. The predicted octanol–water partition coefficient (Wildman–Crippen LogP) is -1.12. The molecule has 3 saturated heterocycles. The fraction of sp³-hybridized carbons (Fsp3) is 0.939. The minimum atomic E-state index is -1.51. The second-order valence-electron chi connectivity index (χ2n) is 14.4. The van der Waals surface area contributed by atoms with Gasteiger partial charge in [-0.2, -0.15) is 0 Å². The highest BCUT2D eigenvalue weighted by molar-refractivity contribution is 5.81. The molecule has 0 radical (unpaired) electrons. The standard InChI is InChI=1S/C33H57N3O12/c1-17-8-6-11-20(29(17)48-33-28(42)27(41)25(39)18(2)44-33)46-32-24(35-23(38)15-34)30(26(40)22(16-37)47-32)45-21(31(43)36-12-7-13-36)14-19-9-4-3-5-10-19/h17-22,24-30,32-33,37,39-42H,3-16,34H2,1-2H3,(H,35,38)/t17?,18?,20-,21+,22+,24?,25-,26+,27+,28?,29-,30?,32-,33+/m1/s1. The minimum Gasteiger partial charge on any atom is -0.394 e. The Morgan fingerprint density at radius 2 is 1.58 bits per heavy atom. The van der Waals surface area contributed by atoms with Crippen molar-refractivity contribution in [1.82, 2.24) is 10.2 Å². The average molecular weight is 688 g/mol. The zero-order valence-corrected chi connectivity index (χ0v) is 28.2. The first-order valence-electron chi connectivity index (χ1n) is 17.9. The van der Waals surface area contributed by atoms with E-state index < -0.39 is 92.2 Å². The van der Waals surface area contributed by atoms with Gasteiger partial charge in [0, 0.05) is 13.1 Å². The van der Waals surface area contributed by atoms with Crippen LogP contribution in [0.4, 0.5) is 0 Å². The lowest BCUT2D eigenvalue weighted by molar-refractivity contribution is -0.336. The average Bonchev–Trinajstić information content (AvgIpc) is 3.05. The highest BCUT2D eigenvalue weighted by Gasteiger charge is 2.52. The number of nitrogens with zero attached hydrogens (tertiary/aromatic N) is 1. The van der Waals surface area contributed by atoms with Crippen LogP contribution in [0.15, 0.2) is 0 Å². The topological polar surface area (TPSA) is 223 Å². The minimum absolute atomic E-state index is 0.0835. The van der Waals surface area contributed by atoms with Crippen molar-refractivity contribution in [2.75, 3.05) is 26.2 Å². The van der Waals surface area contributed by atoms with Crippen molar-refractivity contribution in [3.8, 4) is 0 Å². The van der Waals surface area contributed by atoms with E-state index in [9.17, 15) is 35.1 Å². The van der Waals surface area contributed by atoms with E-state index in [-0.39, 0.29) is 24.3 Å². The molecule has 15 nitrogen and oxygen atoms in total. The van der Waals surface area contributed by atoms with E-state index in [0.717, 1.165) is 51.4 Å². The molecule has 3 aliphatic heterocycles. The van der Waals surface area contributed by atoms with E-state index in [4.69, 9.17) is 29.4 Å². The fourth-order valence-corrected chi connectivity index (χ4v) is 7.77. The van der Waals surface area contributed by atoms with E-state index >= 15 is 0 Å². The fourth-order valence-electron chi connectivity index (χ4n) is 7.77. The third-order valence-electron chi connectivity index (χ3n) is 10.9. The van der Waals surface area contributed by atoms with Gasteiger partial charge in [-0.3, -0.25) is 9.59 Å². The number of rotatable bonds is 12. The molecule has 5 rings (SSSR count). The molecule has 276 valence electrons. The summed E-state index contributed by atoms with van der Waals surface area (Å²) in [6, 6.07) is -1.11. The van der Waals surface area contributed by atoms with Crippen LogP contribution in [0.5, 0.6) is 0 Å². The number of hydrogen-bond donors (Lipinski definition) is 7. The number of hydrogen-bond acceptors (Lipinski definition) is 13. The summed E-state index contributed by atoms with van der Waals surface area (Å²) in [4.78, 5) is 28.2. The number of aliphatic hydroxyl groups is 5. The monoisotopic (exact) mass is 687 g/mol. The second-order valence-corrected chi connectivity index (χ2v) is 14.4. The lowest BCUT2D eigenvalue weighted by Crippen LogP contribution is -2.68. The lowest BCUT2D eigenvalue weighted by atomic mass is 9.84. The Hall–Kier alpha value is -1.50. The Morgan fingerprint density at radius 1 is 0.854 bits per heavy atom. The molecule has 0 aromatic rings. The van der Waals surface area contributed by atoms with Crippen LogP contribution in [0.3, 0.4) is 0 Å². The molecule has 48 heavy (non-hydrogen) atoms. The van der Waals surface area contributed by atoms with Crippen LogP contribution in [0.25, 0.3) is 0 Å². The Balaban J connectivity index is 1.39. The van der Waals surface area contributed by atoms with E-state index in [1.807, 2.05) is 6.92 Å². The van der Waals surface area contributed by atoms with Gasteiger partial charge in [-0.15, -0.1) is 0 Å². The van der Waals surface area contributed by atoms with Crippen LogP contribution in [-0.4, -0.2) is 148 Å². The van der Waals surface area contributed by atoms with Gasteiger partial charge in [-0.1, -0.05) is 45.4 Å². The summed E-state index contributed by atoms with van der Waals surface area (Å²) in [6.07, 6.45) is -4.78. The van der Waals surface area contributed by atoms with Crippen molar-refractivity contribution in [3.05, 3.63) is 0 Å². The molecule has 5 aliphatic rings. The molecule has 5 unspecified atom stereocenters. The number of amides is 2. The molecule has 2 saturated carbocycles. The van der Waals surface area contributed by atoms with Crippen LogP contribution < -0.4 is 11.1 Å². The number of nitrogens with one attached hydrogen (secondary N) is 1. The summed E-state index contributed by atoms with van der Waals surface area (Å²) in [6.45, 7) is 3.86. The van der Waals surface area contributed by atoms with Crippen molar-refractivity contribution in [2.45, 2.75) is 158 Å². The lowest BCUT2D eigenvalue weighted by Gasteiger charge is -2.48. The number of likely N-dealkylation sites (tertiary alicyclic amines) is 1. The van der Waals surface area contributed by atoms with Crippen molar-refractivity contribution >= 4 is 11.8 Å². The van der Waals surface area contributed by atoms with Crippen LogP contribution in [-0.2, 0) is 33.3 Å². The Labute approximate surface area is 282 Å².